The summed E-state index contributed by atoms with van der Waals surface area (Å²) in [6.45, 7) is 0. The second-order valence-corrected chi connectivity index (χ2v) is 9.23. The summed E-state index contributed by atoms with van der Waals surface area (Å²) in [4.78, 5) is 0. The van der Waals surface area contributed by atoms with E-state index in [0.717, 1.165) is 11.3 Å². The van der Waals surface area contributed by atoms with Crippen LogP contribution >= 0.6 is 0 Å². The maximum Gasteiger partial charge on any atom is 0.101 e. The van der Waals surface area contributed by atoms with Crippen molar-refractivity contribution in [3.8, 4) is 33.5 Å². The van der Waals surface area contributed by atoms with E-state index in [0.29, 0.717) is 5.92 Å². The van der Waals surface area contributed by atoms with Gasteiger partial charge < -0.3 is 0 Å². The van der Waals surface area contributed by atoms with E-state index in [1.807, 2.05) is 0 Å². The maximum absolute atomic E-state index is 5.29. The van der Waals surface area contributed by atoms with E-state index in [9.17, 15) is 0 Å². The van der Waals surface area contributed by atoms with Crippen molar-refractivity contribution >= 4 is 16.3 Å². The lowest BCUT2D eigenvalue weighted by molar-refractivity contribution is 0.866. The van der Waals surface area contributed by atoms with Gasteiger partial charge >= 0.3 is 0 Å². The molecule has 0 spiro atoms. The van der Waals surface area contributed by atoms with Crippen molar-refractivity contribution < 1.29 is 0 Å². The number of fused-ring (bicyclic) bond motifs is 3. The second kappa shape index (κ2) is 7.71. The van der Waals surface area contributed by atoms with Crippen LogP contribution in [0.1, 0.15) is 24.5 Å². The molecule has 7 rings (SSSR count). The zero-order valence-electron chi connectivity index (χ0n) is 18.9. The molecule has 0 aliphatic heterocycles. The van der Waals surface area contributed by atoms with Crippen molar-refractivity contribution in [1.82, 2.24) is 9.61 Å². The van der Waals surface area contributed by atoms with Crippen LogP contribution in [0.5, 0.6) is 0 Å². The van der Waals surface area contributed by atoms with E-state index < -0.39 is 0 Å². The molecule has 34 heavy (non-hydrogen) atoms. The lowest BCUT2D eigenvalue weighted by atomic mass is 9.94. The highest BCUT2D eigenvalue weighted by Gasteiger charge is 2.29. The molecule has 0 unspecified atom stereocenters. The molecule has 162 valence electrons. The second-order valence-electron chi connectivity index (χ2n) is 9.23. The molecule has 0 amide bonds. The Kier molecular flexibility index (Phi) is 4.38. The van der Waals surface area contributed by atoms with Crippen molar-refractivity contribution in [2.24, 2.45) is 0 Å². The smallest absolute Gasteiger partial charge is 0.101 e. The number of nitrogens with zero attached hydrogens (tertiary/aromatic N) is 2. The van der Waals surface area contributed by atoms with Gasteiger partial charge in [0.25, 0.3) is 0 Å². The molecule has 0 radical (unpaired) electrons. The Hall–Kier alpha value is -4.17. The number of benzene rings is 4. The number of hydrogen-bond acceptors (Lipinski definition) is 1. The molecule has 0 bridgehead atoms. The van der Waals surface area contributed by atoms with E-state index >= 15 is 0 Å². The van der Waals surface area contributed by atoms with Crippen LogP contribution in [0.2, 0.25) is 0 Å². The average molecular weight is 437 g/mol. The van der Waals surface area contributed by atoms with Gasteiger partial charge in [-0.2, -0.15) is 5.10 Å². The van der Waals surface area contributed by atoms with Crippen molar-refractivity contribution in [2.45, 2.75) is 18.8 Å². The molecule has 2 heteroatoms. The van der Waals surface area contributed by atoms with Crippen molar-refractivity contribution in [2.75, 3.05) is 0 Å². The largest absolute Gasteiger partial charge is 0.236 e. The van der Waals surface area contributed by atoms with Gasteiger partial charge in [0.1, 0.15) is 5.69 Å². The van der Waals surface area contributed by atoms with Gasteiger partial charge in [-0.15, -0.1) is 0 Å². The fraction of sp³-hybridized carbons (Fsp3) is 0.0938. The van der Waals surface area contributed by atoms with Crippen LogP contribution in [-0.2, 0) is 0 Å². The van der Waals surface area contributed by atoms with Gasteiger partial charge in [-0.3, -0.25) is 0 Å². The Bertz CT molecular complexity index is 1640. The van der Waals surface area contributed by atoms with E-state index in [1.54, 1.807) is 0 Å². The third-order valence-electron chi connectivity index (χ3n) is 6.95. The van der Waals surface area contributed by atoms with Crippen LogP contribution in [0.3, 0.4) is 0 Å². The Balaban J connectivity index is 1.59. The van der Waals surface area contributed by atoms with Crippen LogP contribution in [-0.4, -0.2) is 9.61 Å². The highest BCUT2D eigenvalue weighted by atomic mass is 15.2. The number of pyridine rings is 1. The molecule has 1 fully saturated rings. The summed E-state index contributed by atoms with van der Waals surface area (Å²) in [5, 5.41) is 7.83. The third-order valence-corrected chi connectivity index (χ3v) is 6.95. The van der Waals surface area contributed by atoms with E-state index in [4.69, 9.17) is 5.10 Å². The summed E-state index contributed by atoms with van der Waals surface area (Å²) in [7, 11) is 0. The van der Waals surface area contributed by atoms with Crippen molar-refractivity contribution in [1.29, 1.82) is 0 Å². The molecule has 1 aliphatic rings. The monoisotopic (exact) mass is 436 g/mol. The van der Waals surface area contributed by atoms with Crippen molar-refractivity contribution in [3.63, 3.8) is 0 Å². The first-order chi connectivity index (χ1) is 16.9. The molecule has 0 saturated heterocycles. The quantitative estimate of drug-likeness (QED) is 0.271. The molecule has 1 aliphatic carbocycles. The first-order valence-electron chi connectivity index (χ1n) is 12.0. The SMILES string of the molecule is c1ccc(-c2cccc(-c3c(-c4ccccc4)nn4c(C5CC5)cc5ccccc5c34)c2)cc1. The molecule has 6 aromatic rings. The zero-order valence-corrected chi connectivity index (χ0v) is 18.9. The normalized spacial score (nSPS) is 13.5. The predicted octanol–water partition coefficient (Wildman–Crippen LogP) is 8.37. The Morgan fingerprint density at radius 1 is 0.588 bits per heavy atom. The Morgan fingerprint density at radius 2 is 1.24 bits per heavy atom. The van der Waals surface area contributed by atoms with Gasteiger partial charge in [-0.1, -0.05) is 103 Å². The van der Waals surface area contributed by atoms with Crippen LogP contribution in [0.15, 0.2) is 115 Å². The molecule has 2 aromatic heterocycles. The third kappa shape index (κ3) is 3.14. The lowest BCUT2D eigenvalue weighted by Gasteiger charge is -2.11. The topological polar surface area (TPSA) is 17.3 Å². The first-order valence-corrected chi connectivity index (χ1v) is 12.0. The van der Waals surface area contributed by atoms with Crippen LogP contribution < -0.4 is 0 Å². The standard InChI is InChI=1S/C32H24N2/c1-3-10-22(11-4-1)25-15-9-16-27(20-25)30-31(24-12-5-2-6-13-24)33-34-29(23-18-19-23)21-26-14-7-8-17-28(26)32(30)34/h1-17,20-21,23H,18-19H2. The minimum absolute atomic E-state index is 0.596. The molecule has 2 heterocycles. The van der Waals surface area contributed by atoms with Gasteiger partial charge in [0.05, 0.1) is 5.52 Å². The van der Waals surface area contributed by atoms with Crippen LogP contribution in [0.25, 0.3) is 49.8 Å². The van der Waals surface area contributed by atoms with E-state index in [2.05, 4.69) is 120 Å². The van der Waals surface area contributed by atoms with Crippen molar-refractivity contribution in [3.05, 3.63) is 121 Å². The number of aromatic nitrogens is 2. The predicted molar refractivity (Wildman–Crippen MR) is 141 cm³/mol. The Morgan fingerprint density at radius 3 is 2.00 bits per heavy atom. The highest BCUT2D eigenvalue weighted by Crippen LogP contribution is 2.45. The lowest BCUT2D eigenvalue weighted by Crippen LogP contribution is -1.98. The molecule has 0 atom stereocenters. The van der Waals surface area contributed by atoms with Gasteiger partial charge in [0.2, 0.25) is 0 Å². The fourth-order valence-corrected chi connectivity index (χ4v) is 5.14. The number of rotatable bonds is 4. The minimum atomic E-state index is 0.596. The highest BCUT2D eigenvalue weighted by molar-refractivity contribution is 6.07. The molecular formula is C32H24N2. The van der Waals surface area contributed by atoms with Gasteiger partial charge in [-0.25, -0.2) is 4.52 Å². The Labute approximate surface area is 199 Å². The zero-order chi connectivity index (χ0) is 22.5. The van der Waals surface area contributed by atoms with Gasteiger partial charge in [0, 0.05) is 28.1 Å². The summed E-state index contributed by atoms with van der Waals surface area (Å²) in [6, 6.07) is 41.2. The summed E-state index contributed by atoms with van der Waals surface area (Å²) in [5.74, 6) is 0.596. The minimum Gasteiger partial charge on any atom is -0.236 e. The summed E-state index contributed by atoms with van der Waals surface area (Å²) in [6.07, 6.45) is 2.49. The summed E-state index contributed by atoms with van der Waals surface area (Å²) < 4.78 is 2.24. The van der Waals surface area contributed by atoms with E-state index in [-0.39, 0.29) is 0 Å². The van der Waals surface area contributed by atoms with Crippen LogP contribution in [0, 0.1) is 0 Å². The van der Waals surface area contributed by atoms with Gasteiger partial charge in [0.15, 0.2) is 0 Å². The maximum atomic E-state index is 5.29. The van der Waals surface area contributed by atoms with Gasteiger partial charge in [-0.05, 0) is 47.1 Å². The molecule has 2 nitrogen and oxygen atoms in total. The average Bonchev–Trinajstić information content (AvgIpc) is 3.68. The number of hydrogen-bond donors (Lipinski definition) is 0. The fourth-order valence-electron chi connectivity index (χ4n) is 5.14. The first kappa shape index (κ1) is 19.3. The van der Waals surface area contributed by atoms with E-state index in [1.165, 1.54) is 57.1 Å². The molecule has 1 saturated carbocycles. The molecule has 4 aromatic carbocycles. The molecular weight excluding hydrogens is 412 g/mol. The summed E-state index contributed by atoms with van der Waals surface area (Å²) >= 11 is 0. The van der Waals surface area contributed by atoms with Crippen LogP contribution in [0.4, 0.5) is 0 Å². The molecule has 0 N–H and O–H groups in total. The summed E-state index contributed by atoms with van der Waals surface area (Å²) in [5.41, 5.74) is 9.60.